The molecule has 12 fully saturated rings. The van der Waals surface area contributed by atoms with Crippen molar-refractivity contribution in [2.24, 2.45) is 94.7 Å². The number of hydrogen-bond acceptors (Lipinski definition) is 24. The van der Waals surface area contributed by atoms with Crippen LogP contribution in [0.2, 0.25) is 0 Å². The van der Waals surface area contributed by atoms with Crippen LogP contribution in [0, 0.1) is 94.7 Å². The monoisotopic (exact) mass is 970 g/mol. The minimum absolute atomic E-state index is 0.0121. The Hall–Kier alpha value is -7.66. The molecule has 24 heteroatoms. The molecule has 13 aliphatic rings. The Labute approximate surface area is 389 Å². The maximum absolute atomic E-state index is 11.9. The molecule has 24 nitrogen and oxygen atoms in total. The molecule has 0 N–H and O–H groups in total. The van der Waals surface area contributed by atoms with Crippen LogP contribution in [-0.4, -0.2) is 95.5 Å². The molecule has 5 aliphatic carbocycles. The topological polar surface area (TPSA) is 347 Å². The molecule has 362 valence electrons. The fourth-order valence-electron chi connectivity index (χ4n) is 13.5. The minimum Gasteiger partial charge on any atom is -0.393 e. The van der Waals surface area contributed by atoms with Gasteiger partial charge in [-0.25, -0.2) is 0 Å². The molecule has 0 amide bonds. The number of ether oxygens (including phenoxy) is 8. The first-order valence-electron chi connectivity index (χ1n) is 22.4. The highest BCUT2D eigenvalue weighted by Crippen LogP contribution is 2.61. The third-order valence-electron chi connectivity index (χ3n) is 16.4. The second kappa shape index (κ2) is 15.9. The minimum atomic E-state index is -0.786. The standard InChI is InChI=1S/C16H12O6.C12H10O6.C10H8O6.C8H4O6/c17-12-6-10(14(18)21-12)9-5-11-13(16(20)22-15(11)19)8-4-2-1-3-7(8)9;13-9-3-1-4(10(14)17-9)8-6-2-5(7(3)8)11(15)18-12(6)16;11-6-2-3-4-1-5(7(3)10(14)15-6)9(13)16-8(4)12;9-5-1-2(6(10)13-5)4-3(1)7(11)14-8(4)12/h1-4,9-11,13H,5-6H2;3-8H,1-2H2;3-5,7H,1-2H2;1-4H. The molecule has 1 aromatic rings. The van der Waals surface area contributed by atoms with Gasteiger partial charge in [0.2, 0.25) is 0 Å². The quantitative estimate of drug-likeness (QED) is 0.137. The first kappa shape index (κ1) is 44.8. The zero-order chi connectivity index (χ0) is 49.5. The van der Waals surface area contributed by atoms with Gasteiger partial charge in [0.25, 0.3) is 0 Å². The average Bonchev–Trinajstić information content (AvgIpc) is 4.13. The van der Waals surface area contributed by atoms with Gasteiger partial charge in [0.15, 0.2) is 0 Å². The summed E-state index contributed by atoms with van der Waals surface area (Å²) in [7, 11) is 0. The number of hydrogen-bond donors (Lipinski definition) is 0. The lowest BCUT2D eigenvalue weighted by atomic mass is 9.59. The van der Waals surface area contributed by atoms with E-state index in [-0.39, 0.29) is 30.6 Å². The predicted molar refractivity (Wildman–Crippen MR) is 204 cm³/mol. The largest absolute Gasteiger partial charge is 0.393 e. The van der Waals surface area contributed by atoms with E-state index in [0.29, 0.717) is 31.2 Å². The number of cyclic esters (lactones) is 16. The molecule has 8 heterocycles. The summed E-state index contributed by atoms with van der Waals surface area (Å²) in [5.41, 5.74) is 1.54. The Kier molecular flexibility index (Phi) is 10.2. The third kappa shape index (κ3) is 6.61. The van der Waals surface area contributed by atoms with E-state index in [1.807, 2.05) is 12.1 Å². The Morgan fingerprint density at radius 3 is 1.11 bits per heavy atom. The number of carbonyl (C=O) groups is 16. The molecule has 12 atom stereocenters. The Morgan fingerprint density at radius 2 is 0.629 bits per heavy atom. The maximum Gasteiger partial charge on any atom is 0.321 e. The summed E-state index contributed by atoms with van der Waals surface area (Å²) < 4.78 is 36.5. The second-order valence-corrected chi connectivity index (χ2v) is 19.4. The van der Waals surface area contributed by atoms with E-state index in [0.717, 1.165) is 5.56 Å². The molecular formula is C46H34O24. The van der Waals surface area contributed by atoms with E-state index in [9.17, 15) is 76.7 Å². The zero-order valence-electron chi connectivity index (χ0n) is 35.7. The van der Waals surface area contributed by atoms with Crippen LogP contribution in [0.1, 0.15) is 61.5 Å². The lowest BCUT2D eigenvalue weighted by Gasteiger charge is -2.33. The van der Waals surface area contributed by atoms with Crippen molar-refractivity contribution in [1.82, 2.24) is 0 Å². The molecule has 1 aromatic carbocycles. The molecular weight excluding hydrogens is 936 g/mol. The van der Waals surface area contributed by atoms with Crippen molar-refractivity contribution < 1.29 is 115 Å². The lowest BCUT2D eigenvalue weighted by Crippen LogP contribution is -2.50. The molecule has 4 saturated carbocycles. The average molecular weight is 971 g/mol. The second-order valence-electron chi connectivity index (χ2n) is 19.4. The van der Waals surface area contributed by atoms with Gasteiger partial charge in [-0.3, -0.25) is 76.7 Å². The van der Waals surface area contributed by atoms with Crippen LogP contribution in [0.4, 0.5) is 0 Å². The number of carbonyl (C=O) groups excluding carboxylic acids is 16. The summed E-state index contributed by atoms with van der Waals surface area (Å²) in [4.78, 5) is 184. The van der Waals surface area contributed by atoms with Crippen molar-refractivity contribution in [2.45, 2.75) is 50.4 Å². The molecule has 0 spiro atoms. The summed E-state index contributed by atoms with van der Waals surface area (Å²) in [6.45, 7) is 0. The van der Waals surface area contributed by atoms with E-state index < -0.39 is 184 Å². The smallest absolute Gasteiger partial charge is 0.321 e. The molecule has 6 bridgehead atoms. The number of benzene rings is 1. The van der Waals surface area contributed by atoms with E-state index >= 15 is 0 Å². The van der Waals surface area contributed by atoms with E-state index in [2.05, 4.69) is 23.7 Å². The summed E-state index contributed by atoms with van der Waals surface area (Å²) >= 11 is 0. The van der Waals surface area contributed by atoms with Crippen molar-refractivity contribution in [3.8, 4) is 0 Å². The summed E-state index contributed by atoms with van der Waals surface area (Å²) in [6, 6.07) is 7.21. The van der Waals surface area contributed by atoms with Crippen LogP contribution in [0.5, 0.6) is 0 Å². The van der Waals surface area contributed by atoms with Crippen molar-refractivity contribution >= 4 is 95.5 Å². The van der Waals surface area contributed by atoms with Crippen LogP contribution in [-0.2, 0) is 115 Å². The van der Waals surface area contributed by atoms with Gasteiger partial charge in [-0.1, -0.05) is 24.3 Å². The van der Waals surface area contributed by atoms with Gasteiger partial charge < -0.3 is 37.9 Å². The molecule has 0 aromatic heterocycles. The molecule has 14 rings (SSSR count). The van der Waals surface area contributed by atoms with Crippen LogP contribution >= 0.6 is 0 Å². The highest BCUT2D eigenvalue weighted by Gasteiger charge is 2.73. The normalized spacial score (nSPS) is 41.3. The molecule has 8 aliphatic heterocycles. The van der Waals surface area contributed by atoms with Gasteiger partial charge in [-0.15, -0.1) is 0 Å². The van der Waals surface area contributed by atoms with Crippen LogP contribution in [0.3, 0.4) is 0 Å². The van der Waals surface area contributed by atoms with E-state index in [1.54, 1.807) is 12.1 Å². The van der Waals surface area contributed by atoms with Gasteiger partial charge in [0, 0.05) is 0 Å². The molecule has 70 heavy (non-hydrogen) atoms. The fourth-order valence-corrected chi connectivity index (χ4v) is 13.5. The summed E-state index contributed by atoms with van der Waals surface area (Å²) in [6.07, 6.45) is 1.48. The predicted octanol–water partition coefficient (Wildman–Crippen LogP) is -1.25. The Bertz CT molecular complexity index is 2620. The SMILES string of the molecule is O=C1CC(C2CC3C(=O)OC(=O)C3c3ccccc32)C(=O)O1.O=C1CC2C3CC(C(=O)OC3=O)C2C(=O)O1.O=C1OC(=O)C2C1C1C(=O)OC(=O)C21.O=C1OC(=O)C2CC1C1C3CC(C(=O)OC3=O)C21. The highest BCUT2D eigenvalue weighted by molar-refractivity contribution is 6.10. The first-order chi connectivity index (χ1) is 33.3. The number of esters is 16. The van der Waals surface area contributed by atoms with Gasteiger partial charge in [-0.2, -0.15) is 0 Å². The summed E-state index contributed by atoms with van der Waals surface area (Å²) in [5, 5.41) is 0. The lowest BCUT2D eigenvalue weighted by molar-refractivity contribution is -0.175. The fraction of sp³-hybridized carbons (Fsp3) is 0.522. The van der Waals surface area contributed by atoms with Crippen molar-refractivity contribution in [2.75, 3.05) is 0 Å². The van der Waals surface area contributed by atoms with Gasteiger partial charge in [0.1, 0.15) is 0 Å². The Balaban J connectivity index is 0.000000103. The highest BCUT2D eigenvalue weighted by atomic mass is 16.6. The Morgan fingerprint density at radius 1 is 0.286 bits per heavy atom. The van der Waals surface area contributed by atoms with Crippen LogP contribution in [0.15, 0.2) is 24.3 Å². The van der Waals surface area contributed by atoms with Gasteiger partial charge in [0.05, 0.1) is 95.7 Å². The third-order valence-corrected chi connectivity index (χ3v) is 16.4. The summed E-state index contributed by atoms with van der Waals surface area (Å²) in [5.74, 6) is -19.5. The van der Waals surface area contributed by atoms with Crippen molar-refractivity contribution in [1.29, 1.82) is 0 Å². The zero-order valence-corrected chi connectivity index (χ0v) is 35.7. The maximum atomic E-state index is 11.9. The van der Waals surface area contributed by atoms with Crippen LogP contribution < -0.4 is 0 Å². The first-order valence-corrected chi connectivity index (χ1v) is 22.4. The molecule has 12 unspecified atom stereocenters. The van der Waals surface area contributed by atoms with Gasteiger partial charge in [-0.05, 0) is 60.5 Å². The van der Waals surface area contributed by atoms with Crippen molar-refractivity contribution in [3.63, 3.8) is 0 Å². The van der Waals surface area contributed by atoms with E-state index in [1.165, 1.54) is 0 Å². The van der Waals surface area contributed by atoms with Crippen molar-refractivity contribution in [3.05, 3.63) is 35.4 Å². The van der Waals surface area contributed by atoms with Crippen LogP contribution in [0.25, 0.3) is 0 Å². The number of rotatable bonds is 1. The van der Waals surface area contributed by atoms with Gasteiger partial charge >= 0.3 is 95.5 Å². The molecule has 8 saturated heterocycles. The van der Waals surface area contributed by atoms with E-state index in [4.69, 9.17) is 14.2 Å². The number of fused-ring (bicyclic) bond motifs is 21. The molecule has 0 radical (unpaired) electrons.